The van der Waals surface area contributed by atoms with Crippen molar-refractivity contribution in [3.63, 3.8) is 0 Å². The van der Waals surface area contributed by atoms with E-state index in [1.165, 1.54) is 6.07 Å². The molecule has 0 amide bonds. The molecule has 0 aliphatic heterocycles. The van der Waals surface area contributed by atoms with Crippen LogP contribution in [0.25, 0.3) is 0 Å². The van der Waals surface area contributed by atoms with Crippen LogP contribution < -0.4 is 10.1 Å². The van der Waals surface area contributed by atoms with E-state index in [0.717, 1.165) is 22.3 Å². The lowest BCUT2D eigenvalue weighted by atomic mass is 9.98. The first-order chi connectivity index (χ1) is 9.65. The Labute approximate surface area is 127 Å². The largest absolute Gasteiger partial charge is 0.497 e. The number of nitrogens with one attached hydrogen (secondary N) is 1. The van der Waals surface area contributed by atoms with Crippen molar-refractivity contribution in [2.24, 2.45) is 0 Å². The van der Waals surface area contributed by atoms with Gasteiger partial charge in [0, 0.05) is 10.0 Å². The third kappa shape index (κ3) is 3.38. The standard InChI is InChI=1S/C16H17BrFNO/c1-3-19-16(11-5-4-6-13(9-11)20-2)14-8-7-12(17)10-15(14)18/h4-10,16,19H,3H2,1-2H3. The van der Waals surface area contributed by atoms with Crippen molar-refractivity contribution in [1.82, 2.24) is 5.32 Å². The van der Waals surface area contributed by atoms with Crippen LogP contribution in [0, 0.1) is 5.82 Å². The molecule has 1 N–H and O–H groups in total. The lowest BCUT2D eigenvalue weighted by Crippen LogP contribution is -2.23. The molecular formula is C16H17BrFNO. The topological polar surface area (TPSA) is 21.3 Å². The summed E-state index contributed by atoms with van der Waals surface area (Å²) in [5, 5.41) is 3.32. The molecule has 0 aromatic heterocycles. The lowest BCUT2D eigenvalue weighted by Gasteiger charge is -2.20. The molecule has 2 aromatic rings. The Kier molecular flexibility index (Phi) is 5.15. The molecule has 0 heterocycles. The van der Waals surface area contributed by atoms with E-state index in [0.29, 0.717) is 5.56 Å². The predicted molar refractivity (Wildman–Crippen MR) is 82.6 cm³/mol. The second-order valence-electron chi connectivity index (χ2n) is 4.43. The normalized spacial score (nSPS) is 12.2. The molecule has 2 nitrogen and oxygen atoms in total. The van der Waals surface area contributed by atoms with Gasteiger partial charge in [-0.05, 0) is 36.4 Å². The Hall–Kier alpha value is -1.39. The molecule has 1 unspecified atom stereocenters. The zero-order valence-electron chi connectivity index (χ0n) is 11.5. The summed E-state index contributed by atoms with van der Waals surface area (Å²) in [6, 6.07) is 12.6. The summed E-state index contributed by atoms with van der Waals surface area (Å²) in [7, 11) is 1.63. The monoisotopic (exact) mass is 337 g/mol. The van der Waals surface area contributed by atoms with Gasteiger partial charge in [-0.1, -0.05) is 41.1 Å². The fourth-order valence-electron chi connectivity index (χ4n) is 2.17. The Morgan fingerprint density at radius 1 is 1.25 bits per heavy atom. The number of ether oxygens (including phenoxy) is 1. The molecule has 4 heteroatoms. The van der Waals surface area contributed by atoms with E-state index in [1.54, 1.807) is 13.2 Å². The third-order valence-corrected chi connectivity index (χ3v) is 3.60. The van der Waals surface area contributed by atoms with Gasteiger partial charge >= 0.3 is 0 Å². The highest BCUT2D eigenvalue weighted by Gasteiger charge is 2.17. The average Bonchev–Trinajstić information content (AvgIpc) is 2.45. The van der Waals surface area contributed by atoms with Crippen molar-refractivity contribution in [1.29, 1.82) is 0 Å². The minimum absolute atomic E-state index is 0.191. The zero-order valence-corrected chi connectivity index (χ0v) is 13.1. The lowest BCUT2D eigenvalue weighted by molar-refractivity contribution is 0.413. The van der Waals surface area contributed by atoms with Gasteiger partial charge in [0.25, 0.3) is 0 Å². The molecular weight excluding hydrogens is 321 g/mol. The van der Waals surface area contributed by atoms with Gasteiger partial charge in [0.05, 0.1) is 13.2 Å². The van der Waals surface area contributed by atoms with Crippen LogP contribution in [0.3, 0.4) is 0 Å². The minimum Gasteiger partial charge on any atom is -0.497 e. The number of hydrogen-bond donors (Lipinski definition) is 1. The molecule has 0 aliphatic carbocycles. The third-order valence-electron chi connectivity index (χ3n) is 3.11. The van der Waals surface area contributed by atoms with E-state index < -0.39 is 0 Å². The highest BCUT2D eigenvalue weighted by molar-refractivity contribution is 9.10. The van der Waals surface area contributed by atoms with Crippen LogP contribution in [0.5, 0.6) is 5.75 Å². The van der Waals surface area contributed by atoms with Gasteiger partial charge in [0.1, 0.15) is 11.6 Å². The molecule has 0 bridgehead atoms. The van der Waals surface area contributed by atoms with Gasteiger partial charge < -0.3 is 10.1 Å². The predicted octanol–water partition coefficient (Wildman–Crippen LogP) is 4.30. The fraction of sp³-hybridized carbons (Fsp3) is 0.250. The quantitative estimate of drug-likeness (QED) is 0.878. The van der Waals surface area contributed by atoms with E-state index in [4.69, 9.17) is 4.74 Å². The Morgan fingerprint density at radius 3 is 2.70 bits per heavy atom. The van der Waals surface area contributed by atoms with Crippen LogP contribution in [0.15, 0.2) is 46.9 Å². The van der Waals surface area contributed by atoms with Crippen LogP contribution in [0.4, 0.5) is 4.39 Å². The van der Waals surface area contributed by atoms with Crippen molar-refractivity contribution in [3.05, 3.63) is 63.9 Å². The van der Waals surface area contributed by atoms with Crippen molar-refractivity contribution >= 4 is 15.9 Å². The molecule has 106 valence electrons. The van der Waals surface area contributed by atoms with Crippen LogP contribution in [-0.4, -0.2) is 13.7 Å². The van der Waals surface area contributed by atoms with Gasteiger partial charge in [-0.2, -0.15) is 0 Å². The number of benzene rings is 2. The summed E-state index contributed by atoms with van der Waals surface area (Å²) in [5.74, 6) is 0.538. The van der Waals surface area contributed by atoms with E-state index >= 15 is 0 Å². The van der Waals surface area contributed by atoms with Gasteiger partial charge in [0.15, 0.2) is 0 Å². The smallest absolute Gasteiger partial charge is 0.129 e. The number of methoxy groups -OCH3 is 1. The Bertz CT molecular complexity index is 588. The van der Waals surface area contributed by atoms with Crippen LogP contribution >= 0.6 is 15.9 Å². The highest BCUT2D eigenvalue weighted by Crippen LogP contribution is 2.28. The van der Waals surface area contributed by atoms with Gasteiger partial charge in [0.2, 0.25) is 0 Å². The van der Waals surface area contributed by atoms with Gasteiger partial charge in [-0.15, -0.1) is 0 Å². The van der Waals surface area contributed by atoms with Gasteiger partial charge in [-0.3, -0.25) is 0 Å². The van der Waals surface area contributed by atoms with Crippen LogP contribution in [-0.2, 0) is 0 Å². The summed E-state index contributed by atoms with van der Waals surface area (Å²) in [6.07, 6.45) is 0. The van der Waals surface area contributed by atoms with Crippen molar-refractivity contribution in [2.45, 2.75) is 13.0 Å². The van der Waals surface area contributed by atoms with Crippen molar-refractivity contribution < 1.29 is 9.13 Å². The molecule has 1 atom stereocenters. The van der Waals surface area contributed by atoms with E-state index in [1.807, 2.05) is 37.3 Å². The zero-order chi connectivity index (χ0) is 14.5. The highest BCUT2D eigenvalue weighted by atomic mass is 79.9. The summed E-state index contributed by atoms with van der Waals surface area (Å²) in [5.41, 5.74) is 1.61. The summed E-state index contributed by atoms with van der Waals surface area (Å²) in [6.45, 7) is 2.75. The maximum Gasteiger partial charge on any atom is 0.129 e. The molecule has 0 saturated carbocycles. The SMILES string of the molecule is CCNC(c1cccc(OC)c1)c1ccc(Br)cc1F. The van der Waals surface area contributed by atoms with Crippen LogP contribution in [0.1, 0.15) is 24.1 Å². The average molecular weight is 338 g/mol. The maximum atomic E-state index is 14.2. The van der Waals surface area contributed by atoms with E-state index in [2.05, 4.69) is 21.2 Å². The second-order valence-corrected chi connectivity index (χ2v) is 5.35. The number of halogens is 2. The molecule has 0 saturated heterocycles. The summed E-state index contributed by atoms with van der Waals surface area (Å²) < 4.78 is 20.2. The van der Waals surface area contributed by atoms with Crippen molar-refractivity contribution in [3.8, 4) is 5.75 Å². The first-order valence-corrected chi connectivity index (χ1v) is 7.27. The van der Waals surface area contributed by atoms with Crippen molar-refractivity contribution in [2.75, 3.05) is 13.7 Å². The van der Waals surface area contributed by atoms with E-state index in [-0.39, 0.29) is 11.9 Å². The molecule has 0 aliphatic rings. The number of rotatable bonds is 5. The second kappa shape index (κ2) is 6.86. The summed E-state index contributed by atoms with van der Waals surface area (Å²) in [4.78, 5) is 0. The van der Waals surface area contributed by atoms with E-state index in [9.17, 15) is 4.39 Å². The number of hydrogen-bond acceptors (Lipinski definition) is 2. The molecule has 20 heavy (non-hydrogen) atoms. The molecule has 0 radical (unpaired) electrons. The first kappa shape index (κ1) is 15.0. The molecule has 0 fully saturated rings. The molecule has 2 aromatic carbocycles. The fourth-order valence-corrected chi connectivity index (χ4v) is 2.50. The first-order valence-electron chi connectivity index (χ1n) is 6.48. The Balaban J connectivity index is 2.44. The molecule has 2 rings (SSSR count). The van der Waals surface area contributed by atoms with Crippen LogP contribution in [0.2, 0.25) is 0 Å². The molecule has 0 spiro atoms. The van der Waals surface area contributed by atoms with Gasteiger partial charge in [-0.25, -0.2) is 4.39 Å². The Morgan fingerprint density at radius 2 is 2.05 bits per heavy atom. The maximum absolute atomic E-state index is 14.2. The summed E-state index contributed by atoms with van der Waals surface area (Å²) >= 11 is 3.28. The minimum atomic E-state index is -0.229.